The number of rotatable bonds is 8. The molecule has 0 spiro atoms. The van der Waals surface area contributed by atoms with Gasteiger partial charge in [-0.05, 0) is 57.7 Å². The third-order valence-corrected chi connectivity index (χ3v) is 4.25. The Morgan fingerprint density at radius 2 is 1.84 bits per heavy atom. The molecule has 1 aliphatic carbocycles. The van der Waals surface area contributed by atoms with E-state index in [0.717, 1.165) is 24.5 Å². The Balaban J connectivity index is 1.86. The molecule has 1 N–H and O–H groups in total. The van der Waals surface area contributed by atoms with Gasteiger partial charge in [0.1, 0.15) is 0 Å². The molecule has 0 radical (unpaired) electrons. The summed E-state index contributed by atoms with van der Waals surface area (Å²) in [6.07, 6.45) is 3.73. The minimum absolute atomic E-state index is 0.454. The Hall–Kier alpha value is -1.22. The van der Waals surface area contributed by atoms with E-state index in [2.05, 4.69) is 12.2 Å². The summed E-state index contributed by atoms with van der Waals surface area (Å²) in [5.74, 6) is 1.70. The van der Waals surface area contributed by atoms with Gasteiger partial charge in [0.05, 0.1) is 13.2 Å². The first-order valence-corrected chi connectivity index (χ1v) is 7.24. The molecule has 0 aromatic heterocycles. The number of ether oxygens (including phenoxy) is 2. The van der Waals surface area contributed by atoms with Crippen molar-refractivity contribution >= 4 is 0 Å². The maximum absolute atomic E-state index is 5.91. The SMILES string of the molecule is CCOc1ccccc1OCCC1(C(C)NC)CC1. The quantitative estimate of drug-likeness (QED) is 0.781. The van der Waals surface area contributed by atoms with Gasteiger partial charge >= 0.3 is 0 Å². The van der Waals surface area contributed by atoms with Crippen LogP contribution in [0, 0.1) is 5.41 Å². The van der Waals surface area contributed by atoms with E-state index in [0.29, 0.717) is 18.1 Å². The third kappa shape index (κ3) is 3.41. The second kappa shape index (κ2) is 6.29. The van der Waals surface area contributed by atoms with E-state index in [-0.39, 0.29) is 0 Å². The maximum Gasteiger partial charge on any atom is 0.161 e. The molecule has 0 amide bonds. The summed E-state index contributed by atoms with van der Waals surface area (Å²) in [6, 6.07) is 8.47. The molecule has 3 nitrogen and oxygen atoms in total. The lowest BCUT2D eigenvalue weighted by Gasteiger charge is -2.23. The molecule has 1 unspecified atom stereocenters. The molecule has 0 saturated heterocycles. The fraction of sp³-hybridized carbons (Fsp3) is 0.625. The van der Waals surface area contributed by atoms with Crippen molar-refractivity contribution in [1.82, 2.24) is 5.32 Å². The zero-order chi connectivity index (χ0) is 13.7. The van der Waals surface area contributed by atoms with Crippen molar-refractivity contribution in [3.05, 3.63) is 24.3 Å². The third-order valence-electron chi connectivity index (χ3n) is 4.25. The highest BCUT2D eigenvalue weighted by Gasteiger charge is 2.46. The lowest BCUT2D eigenvalue weighted by Crippen LogP contribution is -2.33. The van der Waals surface area contributed by atoms with E-state index < -0.39 is 0 Å². The van der Waals surface area contributed by atoms with Gasteiger partial charge in [0.25, 0.3) is 0 Å². The lowest BCUT2D eigenvalue weighted by atomic mass is 9.94. The second-order valence-corrected chi connectivity index (χ2v) is 5.35. The van der Waals surface area contributed by atoms with Crippen molar-refractivity contribution in [2.45, 2.75) is 39.2 Å². The van der Waals surface area contributed by atoms with Gasteiger partial charge in [-0.25, -0.2) is 0 Å². The second-order valence-electron chi connectivity index (χ2n) is 5.35. The van der Waals surface area contributed by atoms with Crippen LogP contribution in [-0.4, -0.2) is 26.3 Å². The molecule has 3 heteroatoms. The number of benzene rings is 1. The molecule has 0 heterocycles. The van der Waals surface area contributed by atoms with Gasteiger partial charge in [-0.2, -0.15) is 0 Å². The van der Waals surface area contributed by atoms with Gasteiger partial charge in [-0.3, -0.25) is 0 Å². The van der Waals surface area contributed by atoms with Crippen molar-refractivity contribution in [2.24, 2.45) is 5.41 Å². The Kier molecular flexibility index (Phi) is 4.70. The monoisotopic (exact) mass is 263 g/mol. The smallest absolute Gasteiger partial charge is 0.161 e. The molecule has 1 aromatic rings. The number of para-hydroxylation sites is 2. The van der Waals surface area contributed by atoms with Crippen molar-refractivity contribution < 1.29 is 9.47 Å². The first kappa shape index (κ1) is 14.2. The molecule has 1 saturated carbocycles. The van der Waals surface area contributed by atoms with E-state index in [4.69, 9.17) is 9.47 Å². The highest BCUT2D eigenvalue weighted by molar-refractivity contribution is 5.39. The summed E-state index contributed by atoms with van der Waals surface area (Å²) in [4.78, 5) is 0. The van der Waals surface area contributed by atoms with Gasteiger partial charge in [0, 0.05) is 6.04 Å². The molecule has 1 aromatic carbocycles. The van der Waals surface area contributed by atoms with Crippen LogP contribution in [0.4, 0.5) is 0 Å². The van der Waals surface area contributed by atoms with Crippen LogP contribution in [0.3, 0.4) is 0 Å². The van der Waals surface area contributed by atoms with Gasteiger partial charge in [-0.15, -0.1) is 0 Å². The molecule has 0 aliphatic heterocycles. The predicted octanol–water partition coefficient (Wildman–Crippen LogP) is 3.24. The van der Waals surface area contributed by atoms with E-state index in [9.17, 15) is 0 Å². The summed E-state index contributed by atoms with van der Waals surface area (Å²) in [5, 5.41) is 3.37. The molecule has 0 bridgehead atoms. The maximum atomic E-state index is 5.91. The molecule has 1 fully saturated rings. The minimum Gasteiger partial charge on any atom is -0.490 e. The Labute approximate surface area is 116 Å². The summed E-state index contributed by atoms with van der Waals surface area (Å²) in [7, 11) is 2.04. The minimum atomic E-state index is 0.454. The summed E-state index contributed by atoms with van der Waals surface area (Å²) in [6.45, 7) is 5.68. The van der Waals surface area contributed by atoms with Crippen molar-refractivity contribution in [1.29, 1.82) is 0 Å². The summed E-state index contributed by atoms with van der Waals surface area (Å²) < 4.78 is 11.5. The Morgan fingerprint density at radius 1 is 1.21 bits per heavy atom. The lowest BCUT2D eigenvalue weighted by molar-refractivity contribution is 0.229. The zero-order valence-electron chi connectivity index (χ0n) is 12.2. The van der Waals surface area contributed by atoms with Crippen LogP contribution in [0.5, 0.6) is 11.5 Å². The molecular formula is C16H25NO2. The van der Waals surface area contributed by atoms with E-state index in [1.165, 1.54) is 12.8 Å². The predicted molar refractivity (Wildman–Crippen MR) is 77.9 cm³/mol. The van der Waals surface area contributed by atoms with Gasteiger partial charge in [0.15, 0.2) is 11.5 Å². The van der Waals surface area contributed by atoms with Crippen LogP contribution in [0.15, 0.2) is 24.3 Å². The zero-order valence-corrected chi connectivity index (χ0v) is 12.2. The van der Waals surface area contributed by atoms with E-state index in [1.54, 1.807) is 0 Å². The van der Waals surface area contributed by atoms with Crippen LogP contribution in [0.25, 0.3) is 0 Å². The molecule has 1 aliphatic rings. The normalized spacial score (nSPS) is 17.8. The number of hydrogen-bond donors (Lipinski definition) is 1. The highest BCUT2D eigenvalue weighted by Crippen LogP contribution is 2.51. The average Bonchev–Trinajstić information content (AvgIpc) is 3.21. The first-order chi connectivity index (χ1) is 9.22. The first-order valence-electron chi connectivity index (χ1n) is 7.24. The molecule has 106 valence electrons. The summed E-state index contributed by atoms with van der Waals surface area (Å²) in [5.41, 5.74) is 0.454. The topological polar surface area (TPSA) is 30.5 Å². The Bertz CT molecular complexity index is 401. The average molecular weight is 263 g/mol. The van der Waals surface area contributed by atoms with Crippen LogP contribution in [-0.2, 0) is 0 Å². The van der Waals surface area contributed by atoms with Crippen LogP contribution in [0.2, 0.25) is 0 Å². The molecule has 19 heavy (non-hydrogen) atoms. The van der Waals surface area contributed by atoms with Crippen LogP contribution < -0.4 is 14.8 Å². The molecule has 2 rings (SSSR count). The van der Waals surface area contributed by atoms with E-state index in [1.807, 2.05) is 38.2 Å². The van der Waals surface area contributed by atoms with E-state index >= 15 is 0 Å². The van der Waals surface area contributed by atoms with Gasteiger partial charge in [0.2, 0.25) is 0 Å². The Morgan fingerprint density at radius 3 is 2.37 bits per heavy atom. The van der Waals surface area contributed by atoms with Gasteiger partial charge < -0.3 is 14.8 Å². The number of nitrogens with one attached hydrogen (secondary N) is 1. The van der Waals surface area contributed by atoms with Crippen LogP contribution in [0.1, 0.15) is 33.1 Å². The fourth-order valence-corrected chi connectivity index (χ4v) is 2.57. The van der Waals surface area contributed by atoms with Crippen molar-refractivity contribution in [3.63, 3.8) is 0 Å². The molecular weight excluding hydrogens is 238 g/mol. The molecule has 1 atom stereocenters. The standard InChI is InChI=1S/C16H25NO2/c1-4-18-14-7-5-6-8-15(14)19-12-11-16(9-10-16)13(2)17-3/h5-8,13,17H,4,9-12H2,1-3H3. The van der Waals surface area contributed by atoms with Gasteiger partial charge in [-0.1, -0.05) is 12.1 Å². The largest absolute Gasteiger partial charge is 0.490 e. The number of hydrogen-bond acceptors (Lipinski definition) is 3. The van der Waals surface area contributed by atoms with Crippen molar-refractivity contribution in [2.75, 3.05) is 20.3 Å². The fourth-order valence-electron chi connectivity index (χ4n) is 2.57. The highest BCUT2D eigenvalue weighted by atomic mass is 16.5. The summed E-state index contributed by atoms with van der Waals surface area (Å²) >= 11 is 0. The van der Waals surface area contributed by atoms with Crippen molar-refractivity contribution in [3.8, 4) is 11.5 Å². The van der Waals surface area contributed by atoms with Crippen LogP contribution >= 0.6 is 0 Å².